The van der Waals surface area contributed by atoms with Crippen molar-refractivity contribution in [3.8, 4) is 0 Å². The van der Waals surface area contributed by atoms with Crippen molar-refractivity contribution in [2.24, 2.45) is 0 Å². The number of quaternary nitrogens is 1. The molecular formula is C10H22N2O. The number of nitrogens with one attached hydrogen (secondary N) is 1. The predicted octanol–water partition coefficient (Wildman–Crippen LogP) is -0.111. The number of hydrogen-bond donors (Lipinski definition) is 2. The summed E-state index contributed by atoms with van der Waals surface area (Å²) in [6.45, 7) is 2.15. The molecule has 0 aromatic heterocycles. The molecule has 3 nitrogen and oxygen atoms in total. The van der Waals surface area contributed by atoms with Crippen LogP contribution in [0.25, 0.3) is 0 Å². The van der Waals surface area contributed by atoms with Crippen LogP contribution in [0, 0.1) is 7.05 Å². The second-order valence-electron chi connectivity index (χ2n) is 3.74. The first-order chi connectivity index (χ1) is 6.36. The Morgan fingerprint density at radius 3 is 2.62 bits per heavy atom. The maximum Gasteiger partial charge on any atom is 0.0642 e. The van der Waals surface area contributed by atoms with Gasteiger partial charge >= 0.3 is 0 Å². The summed E-state index contributed by atoms with van der Waals surface area (Å²) in [6, 6.07) is 0.714. The normalized spacial score (nSPS) is 29.1. The fourth-order valence-corrected chi connectivity index (χ4v) is 1.89. The minimum atomic E-state index is 0.512. The summed E-state index contributed by atoms with van der Waals surface area (Å²) in [5.74, 6) is 0. The van der Waals surface area contributed by atoms with Gasteiger partial charge in [-0.1, -0.05) is 0 Å². The van der Waals surface area contributed by atoms with Crippen molar-refractivity contribution >= 4 is 0 Å². The average molecular weight is 186 g/mol. The highest BCUT2D eigenvalue weighted by Gasteiger charge is 2.19. The van der Waals surface area contributed by atoms with Crippen molar-refractivity contribution in [1.82, 2.24) is 5.32 Å². The zero-order valence-corrected chi connectivity index (χ0v) is 8.59. The van der Waals surface area contributed by atoms with Gasteiger partial charge in [-0.3, -0.25) is 0 Å². The highest BCUT2D eigenvalue weighted by atomic mass is 16.5. The first kappa shape index (κ1) is 11.0. The molecule has 78 valence electrons. The summed E-state index contributed by atoms with van der Waals surface area (Å²) >= 11 is 0. The van der Waals surface area contributed by atoms with Gasteiger partial charge in [0, 0.05) is 19.7 Å². The van der Waals surface area contributed by atoms with Crippen LogP contribution in [0.15, 0.2) is 0 Å². The van der Waals surface area contributed by atoms with E-state index < -0.39 is 0 Å². The molecule has 0 amide bonds. The first-order valence-electron chi connectivity index (χ1n) is 5.24. The van der Waals surface area contributed by atoms with Crippen LogP contribution in [0.5, 0.6) is 0 Å². The summed E-state index contributed by atoms with van der Waals surface area (Å²) in [5.41, 5.74) is 0. The molecule has 13 heavy (non-hydrogen) atoms. The molecule has 0 aromatic rings. The highest BCUT2D eigenvalue weighted by molar-refractivity contribution is 4.76. The summed E-state index contributed by atoms with van der Waals surface area (Å²) in [4.78, 5) is 0. The Bertz CT molecular complexity index is 119. The van der Waals surface area contributed by atoms with Crippen LogP contribution >= 0.6 is 0 Å². The van der Waals surface area contributed by atoms with E-state index in [1.807, 2.05) is 12.4 Å². The van der Waals surface area contributed by atoms with E-state index in [1.165, 1.54) is 25.7 Å². The van der Waals surface area contributed by atoms with Gasteiger partial charge in [-0.05, 0) is 25.7 Å². The lowest BCUT2D eigenvalue weighted by Crippen LogP contribution is -2.78. The summed E-state index contributed by atoms with van der Waals surface area (Å²) in [7, 11) is 5.52. The smallest absolute Gasteiger partial charge is 0.0642 e. The molecule has 3 heteroatoms. The lowest BCUT2D eigenvalue weighted by Gasteiger charge is -2.28. The van der Waals surface area contributed by atoms with Gasteiger partial charge in [-0.15, -0.1) is 0 Å². The molecule has 0 aliphatic heterocycles. The van der Waals surface area contributed by atoms with E-state index in [2.05, 4.69) is 12.4 Å². The molecule has 0 radical (unpaired) electrons. The van der Waals surface area contributed by atoms with Crippen LogP contribution in [0.3, 0.4) is 0 Å². The monoisotopic (exact) mass is 186 g/mol. The molecule has 0 atom stereocenters. The average Bonchev–Trinajstić information content (AvgIpc) is 2.19. The topological polar surface area (TPSA) is 37.9 Å². The Morgan fingerprint density at radius 2 is 2.08 bits per heavy atom. The van der Waals surface area contributed by atoms with E-state index in [0.717, 1.165) is 13.1 Å². The fraction of sp³-hybridized carbons (Fsp3) is 0.900. The SMILES string of the molecule is [CH2-][NH2+]CCN[C@H]1CC[C@@H](OC)CC1. The third-order valence-electron chi connectivity index (χ3n) is 2.79. The molecule has 1 aliphatic rings. The number of rotatable bonds is 5. The molecule has 0 saturated heterocycles. The van der Waals surface area contributed by atoms with Crippen molar-refractivity contribution in [3.63, 3.8) is 0 Å². The zero-order valence-electron chi connectivity index (χ0n) is 8.59. The van der Waals surface area contributed by atoms with Gasteiger partial charge in [0.2, 0.25) is 0 Å². The third kappa shape index (κ3) is 4.07. The number of ether oxygens (including phenoxy) is 1. The zero-order chi connectivity index (χ0) is 9.52. The molecule has 0 spiro atoms. The van der Waals surface area contributed by atoms with Crippen molar-refractivity contribution in [2.45, 2.75) is 37.8 Å². The molecule has 1 fully saturated rings. The second kappa shape index (κ2) is 6.35. The molecule has 3 N–H and O–H groups in total. The van der Waals surface area contributed by atoms with Gasteiger partial charge in [-0.25, -0.2) is 0 Å². The molecular weight excluding hydrogens is 164 g/mol. The number of hydrogen-bond acceptors (Lipinski definition) is 2. The van der Waals surface area contributed by atoms with Crippen LogP contribution in [0.1, 0.15) is 25.7 Å². The van der Waals surface area contributed by atoms with Crippen molar-refractivity contribution < 1.29 is 10.1 Å². The van der Waals surface area contributed by atoms with Crippen LogP contribution in [0.2, 0.25) is 0 Å². The number of methoxy groups -OCH3 is 1. The second-order valence-corrected chi connectivity index (χ2v) is 3.74. The van der Waals surface area contributed by atoms with Crippen molar-refractivity contribution in [2.75, 3.05) is 20.2 Å². The Balaban J connectivity index is 2.03. The van der Waals surface area contributed by atoms with Gasteiger partial charge in [0.05, 0.1) is 12.6 Å². The molecule has 1 saturated carbocycles. The maximum atomic E-state index is 5.32. The van der Waals surface area contributed by atoms with E-state index in [-0.39, 0.29) is 0 Å². The van der Waals surface area contributed by atoms with Crippen LogP contribution < -0.4 is 10.6 Å². The minimum absolute atomic E-state index is 0.512. The van der Waals surface area contributed by atoms with E-state index >= 15 is 0 Å². The van der Waals surface area contributed by atoms with E-state index in [0.29, 0.717) is 12.1 Å². The van der Waals surface area contributed by atoms with Gasteiger partial charge in [0.15, 0.2) is 0 Å². The largest absolute Gasteiger partial charge is 0.478 e. The van der Waals surface area contributed by atoms with E-state index in [9.17, 15) is 0 Å². The molecule has 0 bridgehead atoms. The quantitative estimate of drug-likeness (QED) is 0.464. The summed E-state index contributed by atoms with van der Waals surface area (Å²) < 4.78 is 5.32. The Labute approximate surface area is 81.2 Å². The van der Waals surface area contributed by atoms with Crippen molar-refractivity contribution in [3.05, 3.63) is 7.05 Å². The Kier molecular flexibility index (Phi) is 5.35. The molecule has 0 unspecified atom stereocenters. The molecule has 1 rings (SSSR count). The number of nitrogens with two attached hydrogens (primary N) is 1. The summed E-state index contributed by atoms with van der Waals surface area (Å²) in [5, 5.41) is 5.51. The Morgan fingerprint density at radius 1 is 1.38 bits per heavy atom. The summed E-state index contributed by atoms with van der Waals surface area (Å²) in [6.07, 6.45) is 5.45. The van der Waals surface area contributed by atoms with E-state index in [4.69, 9.17) is 4.74 Å². The predicted molar refractivity (Wildman–Crippen MR) is 53.2 cm³/mol. The standard InChI is InChI=1S/C10H22N2O/c1-11-7-8-12-9-3-5-10(13-2)6-4-9/h9-10,12H,1,3-8,11H2,2H3/t9-,10+. The third-order valence-corrected chi connectivity index (χ3v) is 2.79. The van der Waals surface area contributed by atoms with Crippen LogP contribution in [-0.2, 0) is 4.74 Å². The maximum absolute atomic E-state index is 5.32. The lowest BCUT2D eigenvalue weighted by atomic mass is 9.93. The van der Waals surface area contributed by atoms with Crippen LogP contribution in [-0.4, -0.2) is 32.3 Å². The van der Waals surface area contributed by atoms with Crippen LogP contribution in [0.4, 0.5) is 0 Å². The van der Waals surface area contributed by atoms with Gasteiger partial charge in [0.25, 0.3) is 0 Å². The van der Waals surface area contributed by atoms with Gasteiger partial charge in [0.1, 0.15) is 0 Å². The Hall–Kier alpha value is -0.120. The minimum Gasteiger partial charge on any atom is -0.478 e. The fourth-order valence-electron chi connectivity index (χ4n) is 1.89. The van der Waals surface area contributed by atoms with Gasteiger partial charge in [-0.2, -0.15) is 7.05 Å². The van der Waals surface area contributed by atoms with Crippen molar-refractivity contribution in [1.29, 1.82) is 0 Å². The lowest BCUT2D eigenvalue weighted by molar-refractivity contribution is -0.593. The highest BCUT2D eigenvalue weighted by Crippen LogP contribution is 2.20. The van der Waals surface area contributed by atoms with Gasteiger partial charge < -0.3 is 15.4 Å². The first-order valence-corrected chi connectivity index (χ1v) is 5.24. The van der Waals surface area contributed by atoms with E-state index in [1.54, 1.807) is 0 Å². The molecule has 0 heterocycles. The molecule has 0 aromatic carbocycles. The molecule has 1 aliphatic carbocycles.